The van der Waals surface area contributed by atoms with Crippen molar-refractivity contribution in [2.45, 2.75) is 13.3 Å². The van der Waals surface area contributed by atoms with Gasteiger partial charge < -0.3 is 16.4 Å². The first-order valence-electron chi connectivity index (χ1n) is 8.95. The molecule has 0 unspecified atom stereocenters. The van der Waals surface area contributed by atoms with E-state index in [0.717, 1.165) is 17.8 Å². The monoisotopic (exact) mass is 372 g/mol. The second kappa shape index (κ2) is 7.75. The average Bonchev–Trinajstić information content (AvgIpc) is 3.09. The van der Waals surface area contributed by atoms with Crippen LogP contribution < -0.4 is 16.4 Å². The molecule has 2 aromatic heterocycles. The molecule has 0 aliphatic rings. The summed E-state index contributed by atoms with van der Waals surface area (Å²) in [5, 5.41) is 10.9. The van der Waals surface area contributed by atoms with E-state index < -0.39 is 0 Å². The summed E-state index contributed by atoms with van der Waals surface area (Å²) in [6, 6.07) is 19.6. The van der Waals surface area contributed by atoms with Crippen LogP contribution in [0.1, 0.15) is 12.5 Å². The number of nitrogen functional groups attached to an aromatic ring is 1. The maximum atomic E-state index is 6.07. The van der Waals surface area contributed by atoms with Crippen molar-refractivity contribution in [2.75, 3.05) is 16.4 Å². The van der Waals surface area contributed by atoms with Crippen molar-refractivity contribution >= 4 is 29.1 Å². The summed E-state index contributed by atoms with van der Waals surface area (Å²) >= 11 is 0. The van der Waals surface area contributed by atoms with Crippen LogP contribution in [0.15, 0.2) is 67.0 Å². The molecule has 0 spiro atoms. The van der Waals surface area contributed by atoms with Crippen LogP contribution in [-0.4, -0.2) is 24.7 Å². The molecule has 0 atom stereocenters. The normalized spacial score (nSPS) is 10.6. The lowest BCUT2D eigenvalue weighted by Gasteiger charge is -2.07. The molecule has 0 saturated heterocycles. The van der Waals surface area contributed by atoms with Gasteiger partial charge in [0.2, 0.25) is 11.9 Å². The van der Waals surface area contributed by atoms with Crippen molar-refractivity contribution < 1.29 is 0 Å². The molecule has 0 amide bonds. The number of nitrogens with one attached hydrogen (secondary N) is 2. The number of hydrogen-bond acceptors (Lipinski definition) is 7. The van der Waals surface area contributed by atoms with Gasteiger partial charge in [-0.15, -0.1) is 5.10 Å². The van der Waals surface area contributed by atoms with Crippen molar-refractivity contribution in [1.82, 2.24) is 24.7 Å². The van der Waals surface area contributed by atoms with E-state index in [2.05, 4.69) is 43.7 Å². The molecule has 4 aromatic rings. The van der Waals surface area contributed by atoms with E-state index in [-0.39, 0.29) is 5.95 Å². The zero-order chi connectivity index (χ0) is 19.3. The fraction of sp³-hybridized carbons (Fsp3) is 0.100. The lowest BCUT2D eigenvalue weighted by molar-refractivity contribution is 0.852. The summed E-state index contributed by atoms with van der Waals surface area (Å²) in [4.78, 5) is 12.8. The number of anilines is 5. The summed E-state index contributed by atoms with van der Waals surface area (Å²) in [5.74, 6) is 1.81. The maximum Gasteiger partial charge on any atom is 0.248 e. The molecular formula is C20H20N8. The summed E-state index contributed by atoms with van der Waals surface area (Å²) in [6.45, 7) is 2.10. The topological polar surface area (TPSA) is 107 Å². The Hall–Kier alpha value is -3.94. The molecule has 0 fully saturated rings. The van der Waals surface area contributed by atoms with Gasteiger partial charge in [-0.1, -0.05) is 43.3 Å². The minimum atomic E-state index is 0.237. The van der Waals surface area contributed by atoms with E-state index in [1.807, 2.05) is 48.5 Å². The van der Waals surface area contributed by atoms with Crippen LogP contribution in [0.3, 0.4) is 0 Å². The minimum absolute atomic E-state index is 0.237. The van der Waals surface area contributed by atoms with Gasteiger partial charge in [0.05, 0.1) is 0 Å². The van der Waals surface area contributed by atoms with Gasteiger partial charge in [0.25, 0.3) is 0 Å². The van der Waals surface area contributed by atoms with Crippen LogP contribution in [0.25, 0.3) is 5.82 Å². The molecule has 8 nitrogen and oxygen atoms in total. The van der Waals surface area contributed by atoms with Gasteiger partial charge in [-0.05, 0) is 30.2 Å². The van der Waals surface area contributed by atoms with Gasteiger partial charge in [0.15, 0.2) is 5.82 Å². The van der Waals surface area contributed by atoms with E-state index in [0.29, 0.717) is 17.6 Å². The molecule has 0 radical (unpaired) electrons. The number of nitrogens with two attached hydrogens (primary N) is 1. The van der Waals surface area contributed by atoms with Crippen molar-refractivity contribution in [3.63, 3.8) is 0 Å². The van der Waals surface area contributed by atoms with Crippen molar-refractivity contribution in [1.29, 1.82) is 0 Å². The Morgan fingerprint density at radius 3 is 2.57 bits per heavy atom. The lowest BCUT2D eigenvalue weighted by Crippen LogP contribution is -2.06. The second-order valence-electron chi connectivity index (χ2n) is 6.09. The Morgan fingerprint density at radius 2 is 1.75 bits per heavy atom. The van der Waals surface area contributed by atoms with E-state index >= 15 is 0 Å². The van der Waals surface area contributed by atoms with Crippen LogP contribution in [0.4, 0.5) is 29.1 Å². The molecule has 8 heteroatoms. The number of aryl methyl sites for hydroxylation is 1. The number of hydrogen-bond donors (Lipinski definition) is 3. The Bertz CT molecular complexity index is 1070. The van der Waals surface area contributed by atoms with E-state index in [1.54, 1.807) is 6.07 Å². The van der Waals surface area contributed by atoms with Gasteiger partial charge in [-0.2, -0.15) is 9.67 Å². The molecule has 0 aliphatic heterocycles. The Kier molecular flexibility index (Phi) is 4.83. The quantitative estimate of drug-likeness (QED) is 0.474. The first-order valence-corrected chi connectivity index (χ1v) is 8.95. The third-order valence-electron chi connectivity index (χ3n) is 4.19. The first-order chi connectivity index (χ1) is 13.7. The summed E-state index contributed by atoms with van der Waals surface area (Å²) in [5.41, 5.74) is 9.13. The van der Waals surface area contributed by atoms with Gasteiger partial charge in [-0.3, -0.25) is 0 Å². The number of aromatic nitrogens is 5. The zero-order valence-electron chi connectivity index (χ0n) is 15.4. The highest BCUT2D eigenvalue weighted by molar-refractivity contribution is 5.60. The molecule has 0 saturated carbocycles. The highest BCUT2D eigenvalue weighted by Gasteiger charge is 2.12. The van der Waals surface area contributed by atoms with Crippen LogP contribution in [-0.2, 0) is 6.42 Å². The van der Waals surface area contributed by atoms with Gasteiger partial charge in [0, 0.05) is 17.4 Å². The van der Waals surface area contributed by atoms with Gasteiger partial charge >= 0.3 is 0 Å². The molecule has 4 rings (SSSR count). The van der Waals surface area contributed by atoms with E-state index in [9.17, 15) is 0 Å². The molecule has 28 heavy (non-hydrogen) atoms. The highest BCUT2D eigenvalue weighted by atomic mass is 15.4. The second-order valence-corrected chi connectivity index (χ2v) is 6.09. The standard InChI is InChI=1S/C20H20N8/c1-2-14-8-6-7-11-16(14)25-20-26-19(21)28(27-20)18-12-17(22-13-23-18)24-15-9-4-3-5-10-15/h3-13H,2H2,1H3,(H,22,23,24)(H3,21,25,26,27). The number of benzene rings is 2. The van der Waals surface area contributed by atoms with Crippen LogP contribution in [0.2, 0.25) is 0 Å². The van der Waals surface area contributed by atoms with Gasteiger partial charge in [-0.25, -0.2) is 9.97 Å². The fourth-order valence-corrected chi connectivity index (χ4v) is 2.82. The van der Waals surface area contributed by atoms with E-state index in [1.165, 1.54) is 16.6 Å². The molecule has 4 N–H and O–H groups in total. The smallest absolute Gasteiger partial charge is 0.248 e. The number of nitrogens with zero attached hydrogens (tertiary/aromatic N) is 5. The molecule has 2 aromatic carbocycles. The summed E-state index contributed by atoms with van der Waals surface area (Å²) in [7, 11) is 0. The van der Waals surface area contributed by atoms with Crippen molar-refractivity contribution in [2.24, 2.45) is 0 Å². The summed E-state index contributed by atoms with van der Waals surface area (Å²) < 4.78 is 1.48. The third-order valence-corrected chi connectivity index (χ3v) is 4.19. The summed E-state index contributed by atoms with van der Waals surface area (Å²) in [6.07, 6.45) is 2.36. The predicted octanol–water partition coefficient (Wildman–Crippen LogP) is 3.69. The van der Waals surface area contributed by atoms with E-state index in [4.69, 9.17) is 5.73 Å². The Labute approximate surface area is 162 Å². The Balaban J connectivity index is 1.59. The van der Waals surface area contributed by atoms with Gasteiger partial charge in [0.1, 0.15) is 12.1 Å². The largest absolute Gasteiger partial charge is 0.368 e. The van der Waals surface area contributed by atoms with Crippen molar-refractivity contribution in [3.8, 4) is 5.82 Å². The molecule has 0 aliphatic carbocycles. The van der Waals surface area contributed by atoms with Crippen molar-refractivity contribution in [3.05, 3.63) is 72.6 Å². The zero-order valence-corrected chi connectivity index (χ0v) is 15.4. The Morgan fingerprint density at radius 1 is 0.964 bits per heavy atom. The number of rotatable bonds is 6. The molecule has 140 valence electrons. The van der Waals surface area contributed by atoms with Crippen LogP contribution >= 0.6 is 0 Å². The predicted molar refractivity (Wildman–Crippen MR) is 110 cm³/mol. The highest BCUT2D eigenvalue weighted by Crippen LogP contribution is 2.22. The maximum absolute atomic E-state index is 6.07. The van der Waals surface area contributed by atoms with Crippen LogP contribution in [0.5, 0.6) is 0 Å². The fourth-order valence-electron chi connectivity index (χ4n) is 2.82. The third kappa shape index (κ3) is 3.75. The molecule has 0 bridgehead atoms. The molecule has 2 heterocycles. The average molecular weight is 372 g/mol. The molecular weight excluding hydrogens is 352 g/mol. The lowest BCUT2D eigenvalue weighted by atomic mass is 10.1. The van der Waals surface area contributed by atoms with Crippen LogP contribution in [0, 0.1) is 0 Å². The minimum Gasteiger partial charge on any atom is -0.368 e. The first kappa shape index (κ1) is 17.5. The SMILES string of the molecule is CCc1ccccc1Nc1nc(N)n(-c2cc(Nc3ccccc3)ncn2)n1. The number of para-hydroxylation sites is 2.